The van der Waals surface area contributed by atoms with E-state index in [2.05, 4.69) is 4.98 Å². The Morgan fingerprint density at radius 1 is 1.31 bits per heavy atom. The molecule has 2 heterocycles. The fourth-order valence-corrected chi connectivity index (χ4v) is 5.13. The zero-order chi connectivity index (χ0) is 20.2. The van der Waals surface area contributed by atoms with Crippen LogP contribution >= 0.6 is 11.6 Å². The van der Waals surface area contributed by atoms with Crippen molar-refractivity contribution >= 4 is 17.5 Å². The van der Waals surface area contributed by atoms with E-state index in [4.69, 9.17) is 21.3 Å². The summed E-state index contributed by atoms with van der Waals surface area (Å²) in [4.78, 5) is 35.7. The zero-order valence-electron chi connectivity index (χ0n) is 16.5. The summed E-state index contributed by atoms with van der Waals surface area (Å²) < 4.78 is 5.26. The lowest BCUT2D eigenvalue weighted by Crippen LogP contribution is -2.48. The molecule has 1 N–H and O–H groups in total. The van der Waals surface area contributed by atoms with Crippen LogP contribution in [0.4, 0.5) is 0 Å². The van der Waals surface area contributed by atoms with E-state index in [1.807, 2.05) is 4.90 Å². The quantitative estimate of drug-likeness (QED) is 0.836. The van der Waals surface area contributed by atoms with Crippen molar-refractivity contribution in [1.82, 2.24) is 14.9 Å². The predicted molar refractivity (Wildman–Crippen MR) is 110 cm³/mol. The molecule has 7 heteroatoms. The van der Waals surface area contributed by atoms with Gasteiger partial charge in [-0.2, -0.15) is 0 Å². The van der Waals surface area contributed by atoms with Gasteiger partial charge in [0.05, 0.1) is 12.8 Å². The number of H-pyrrole nitrogens is 1. The first-order chi connectivity index (χ1) is 14.0. The smallest absolute Gasteiger partial charge is 0.254 e. The molecule has 3 aliphatic rings. The minimum absolute atomic E-state index is 0.0109. The molecule has 1 spiro atoms. The number of rotatable bonds is 3. The van der Waals surface area contributed by atoms with Crippen LogP contribution in [0.2, 0.25) is 5.02 Å². The summed E-state index contributed by atoms with van der Waals surface area (Å²) in [5.74, 6) is 1.75. The van der Waals surface area contributed by atoms with Crippen LogP contribution < -0.4 is 10.3 Å². The molecular weight excluding hydrogens is 390 g/mol. The molecule has 2 aromatic rings. The summed E-state index contributed by atoms with van der Waals surface area (Å²) in [5.41, 5.74) is 2.07. The van der Waals surface area contributed by atoms with E-state index < -0.39 is 0 Å². The lowest BCUT2D eigenvalue weighted by Gasteiger charge is -2.40. The van der Waals surface area contributed by atoms with Crippen molar-refractivity contribution in [3.63, 3.8) is 0 Å². The molecular formula is C22H24ClN3O3. The van der Waals surface area contributed by atoms with Crippen LogP contribution in [0.5, 0.6) is 5.75 Å². The molecule has 152 valence electrons. The van der Waals surface area contributed by atoms with Crippen LogP contribution in [0.25, 0.3) is 0 Å². The van der Waals surface area contributed by atoms with Gasteiger partial charge in [-0.3, -0.25) is 9.59 Å². The molecule has 1 saturated carbocycles. The number of likely N-dealkylation sites (tertiary alicyclic amines) is 1. The van der Waals surface area contributed by atoms with Gasteiger partial charge >= 0.3 is 0 Å². The Bertz CT molecular complexity index is 1050. The van der Waals surface area contributed by atoms with Crippen LogP contribution in [-0.4, -0.2) is 41.0 Å². The molecule has 2 aliphatic carbocycles. The molecule has 5 rings (SSSR count). The highest BCUT2D eigenvalue weighted by molar-refractivity contribution is 6.31. The van der Waals surface area contributed by atoms with Gasteiger partial charge < -0.3 is 14.6 Å². The maximum absolute atomic E-state index is 13.2. The number of ether oxygens (including phenoxy) is 1. The van der Waals surface area contributed by atoms with E-state index in [0.29, 0.717) is 35.3 Å². The van der Waals surface area contributed by atoms with Gasteiger partial charge in [0.1, 0.15) is 11.6 Å². The highest BCUT2D eigenvalue weighted by Crippen LogP contribution is 2.45. The number of methoxy groups -OCH3 is 1. The Morgan fingerprint density at radius 3 is 2.90 bits per heavy atom. The number of hydrogen-bond donors (Lipinski definition) is 1. The molecule has 1 unspecified atom stereocenters. The summed E-state index contributed by atoms with van der Waals surface area (Å²) in [6.45, 7) is 1.29. The molecule has 0 bridgehead atoms. The highest BCUT2D eigenvalue weighted by Gasteiger charge is 2.46. The number of benzene rings is 1. The van der Waals surface area contributed by atoms with Crippen LogP contribution in [0.3, 0.4) is 0 Å². The molecule has 1 aliphatic heterocycles. The first kappa shape index (κ1) is 18.7. The fraction of sp³-hybridized carbons (Fsp3) is 0.500. The third-order valence-corrected chi connectivity index (χ3v) is 6.79. The number of nitrogens with one attached hydrogen (secondary N) is 1. The van der Waals surface area contributed by atoms with E-state index in [1.54, 1.807) is 25.3 Å². The summed E-state index contributed by atoms with van der Waals surface area (Å²) in [7, 11) is 1.56. The number of hydrogen-bond acceptors (Lipinski definition) is 4. The Morgan fingerprint density at radius 2 is 2.14 bits per heavy atom. The molecule has 1 aromatic carbocycles. The third kappa shape index (κ3) is 3.23. The summed E-state index contributed by atoms with van der Waals surface area (Å²) >= 11 is 6.17. The van der Waals surface area contributed by atoms with Crippen LogP contribution in [-0.2, 0) is 11.8 Å². The van der Waals surface area contributed by atoms with Gasteiger partial charge in [-0.25, -0.2) is 4.98 Å². The molecule has 0 radical (unpaired) electrons. The molecule has 6 nitrogen and oxygen atoms in total. The minimum Gasteiger partial charge on any atom is -0.497 e. The Labute approximate surface area is 174 Å². The number of carbonyl (C=O) groups excluding carboxylic acids is 1. The van der Waals surface area contributed by atoms with Crippen LogP contribution in [0.15, 0.2) is 23.0 Å². The second-order valence-corrected chi connectivity index (χ2v) is 8.98. The van der Waals surface area contributed by atoms with Crippen molar-refractivity contribution in [2.24, 2.45) is 0 Å². The first-order valence-electron chi connectivity index (χ1n) is 10.3. The summed E-state index contributed by atoms with van der Waals surface area (Å²) in [6.07, 6.45) is 5.65. The maximum atomic E-state index is 13.2. The van der Waals surface area contributed by atoms with Crippen molar-refractivity contribution < 1.29 is 9.53 Å². The second-order valence-electron chi connectivity index (χ2n) is 8.54. The number of aromatic nitrogens is 2. The van der Waals surface area contributed by atoms with Gasteiger partial charge in [0.25, 0.3) is 11.5 Å². The summed E-state index contributed by atoms with van der Waals surface area (Å²) in [6, 6.07) is 5.11. The monoisotopic (exact) mass is 413 g/mol. The van der Waals surface area contributed by atoms with E-state index in [1.165, 1.54) is 0 Å². The number of nitrogens with zero attached hydrogens (tertiary/aromatic N) is 2. The number of aromatic amines is 1. The van der Waals surface area contributed by atoms with Crippen molar-refractivity contribution in [2.45, 2.75) is 49.9 Å². The van der Waals surface area contributed by atoms with Crippen LogP contribution in [0.1, 0.15) is 65.5 Å². The van der Waals surface area contributed by atoms with Crippen molar-refractivity contribution in [1.29, 1.82) is 0 Å². The number of amides is 1. The first-order valence-corrected chi connectivity index (χ1v) is 10.6. The topological polar surface area (TPSA) is 75.3 Å². The Kier molecular flexibility index (Phi) is 4.42. The molecule has 1 saturated heterocycles. The normalized spacial score (nSPS) is 23.3. The van der Waals surface area contributed by atoms with Gasteiger partial charge in [-0.1, -0.05) is 11.6 Å². The Hall–Kier alpha value is -2.34. The van der Waals surface area contributed by atoms with Crippen molar-refractivity contribution in [2.75, 3.05) is 20.2 Å². The molecule has 2 fully saturated rings. The van der Waals surface area contributed by atoms with Crippen molar-refractivity contribution in [3.8, 4) is 5.75 Å². The van der Waals surface area contributed by atoms with E-state index in [0.717, 1.165) is 55.6 Å². The fourth-order valence-electron chi connectivity index (χ4n) is 4.91. The standard InChI is InChI=1S/C22H24ClN3O3/c1-29-16-10-14(9-15(23)11-16)21(28)26-8-2-6-22(12-26)7-5-17-18(22)24-19(13-3-4-13)25-20(17)27/h9-11,13H,2-8,12H2,1H3,(H,24,25,27). The molecule has 1 atom stereocenters. The SMILES string of the molecule is COc1cc(Cl)cc(C(=O)N2CCCC3(CCc4c3nc(C3CC3)[nH]c4=O)C2)c1. The number of piperidine rings is 1. The lowest BCUT2D eigenvalue weighted by molar-refractivity contribution is 0.0633. The zero-order valence-corrected chi connectivity index (χ0v) is 17.2. The summed E-state index contributed by atoms with van der Waals surface area (Å²) in [5, 5.41) is 0.480. The van der Waals surface area contributed by atoms with E-state index in [9.17, 15) is 9.59 Å². The highest BCUT2D eigenvalue weighted by atomic mass is 35.5. The van der Waals surface area contributed by atoms with Gasteiger partial charge in [-0.15, -0.1) is 0 Å². The number of fused-ring (bicyclic) bond motifs is 2. The van der Waals surface area contributed by atoms with Gasteiger partial charge in [0.2, 0.25) is 0 Å². The maximum Gasteiger partial charge on any atom is 0.254 e. The molecule has 1 aromatic heterocycles. The predicted octanol–water partition coefficient (Wildman–Crippen LogP) is 3.43. The van der Waals surface area contributed by atoms with E-state index >= 15 is 0 Å². The van der Waals surface area contributed by atoms with Gasteiger partial charge in [0, 0.05) is 40.6 Å². The van der Waals surface area contributed by atoms with Crippen LogP contribution in [0, 0.1) is 0 Å². The average molecular weight is 414 g/mol. The minimum atomic E-state index is -0.218. The van der Waals surface area contributed by atoms with Gasteiger partial charge in [0.15, 0.2) is 0 Å². The average Bonchev–Trinajstić information content (AvgIpc) is 3.52. The number of halogens is 1. The number of carbonyl (C=O) groups is 1. The molecule has 1 amide bonds. The van der Waals surface area contributed by atoms with Gasteiger partial charge in [-0.05, 0) is 56.7 Å². The van der Waals surface area contributed by atoms with Crippen molar-refractivity contribution in [3.05, 3.63) is 56.2 Å². The molecule has 29 heavy (non-hydrogen) atoms. The third-order valence-electron chi connectivity index (χ3n) is 6.57. The second kappa shape index (κ2) is 6.87. The lowest BCUT2D eigenvalue weighted by atomic mass is 9.77. The largest absolute Gasteiger partial charge is 0.497 e. The van der Waals surface area contributed by atoms with E-state index in [-0.39, 0.29) is 16.9 Å². The Balaban J connectivity index is 1.47.